The van der Waals surface area contributed by atoms with Crippen LogP contribution in [-0.4, -0.2) is 42.0 Å². The Balaban J connectivity index is 2.08. The largest absolute Gasteiger partial charge is 0.351 e. The van der Waals surface area contributed by atoms with E-state index in [0.29, 0.717) is 36.5 Å². The molecule has 0 unspecified atom stereocenters. The van der Waals surface area contributed by atoms with Crippen LogP contribution in [0, 0.1) is 5.82 Å². The minimum absolute atomic E-state index is 0.0638. The lowest BCUT2D eigenvalue weighted by molar-refractivity contribution is -0.129. The van der Waals surface area contributed by atoms with Crippen molar-refractivity contribution in [3.8, 4) is 0 Å². The van der Waals surface area contributed by atoms with Crippen molar-refractivity contribution in [1.29, 1.82) is 0 Å². The quantitative estimate of drug-likeness (QED) is 0.791. The molecule has 0 bridgehead atoms. The van der Waals surface area contributed by atoms with Crippen LogP contribution in [0.2, 0.25) is 0 Å². The molecule has 0 spiro atoms. The molecule has 1 amide bonds. The number of piperazine rings is 1. The number of halogens is 2. The Hall–Kier alpha value is -1.17. The van der Waals surface area contributed by atoms with Crippen LogP contribution in [0.4, 0.5) is 10.2 Å². The maximum absolute atomic E-state index is 13.7. The fraction of sp³-hybridized carbons (Fsp3) is 0.455. The number of anilines is 1. The summed E-state index contributed by atoms with van der Waals surface area (Å²) in [6.45, 7) is 4.02. The molecule has 1 aromatic heterocycles. The van der Waals surface area contributed by atoms with E-state index >= 15 is 0 Å². The zero-order chi connectivity index (χ0) is 12.4. The van der Waals surface area contributed by atoms with Gasteiger partial charge >= 0.3 is 0 Å². The van der Waals surface area contributed by atoms with E-state index in [1.54, 1.807) is 18.0 Å². The zero-order valence-corrected chi connectivity index (χ0v) is 11.1. The van der Waals surface area contributed by atoms with Crippen molar-refractivity contribution in [2.75, 3.05) is 31.1 Å². The molecule has 0 radical (unpaired) electrons. The van der Waals surface area contributed by atoms with Gasteiger partial charge < -0.3 is 9.80 Å². The van der Waals surface area contributed by atoms with Gasteiger partial charge in [-0.05, 0) is 22.0 Å². The van der Waals surface area contributed by atoms with E-state index in [4.69, 9.17) is 0 Å². The molecule has 17 heavy (non-hydrogen) atoms. The molecule has 1 aliphatic heterocycles. The Morgan fingerprint density at radius 2 is 2.06 bits per heavy atom. The van der Waals surface area contributed by atoms with Gasteiger partial charge in [-0.15, -0.1) is 0 Å². The number of nitrogens with zero attached hydrogens (tertiary/aromatic N) is 3. The summed E-state index contributed by atoms with van der Waals surface area (Å²) in [7, 11) is 0. The van der Waals surface area contributed by atoms with Crippen LogP contribution in [0.15, 0.2) is 16.7 Å². The first kappa shape index (κ1) is 12.3. The first-order valence-electron chi connectivity index (χ1n) is 5.39. The number of carbonyl (C=O) groups excluding carboxylic acids is 1. The molecule has 2 rings (SSSR count). The van der Waals surface area contributed by atoms with Crippen molar-refractivity contribution in [2.45, 2.75) is 6.92 Å². The summed E-state index contributed by atoms with van der Waals surface area (Å²) >= 11 is 3.17. The van der Waals surface area contributed by atoms with Crippen molar-refractivity contribution in [3.05, 3.63) is 22.6 Å². The normalized spacial score (nSPS) is 16.2. The van der Waals surface area contributed by atoms with Crippen LogP contribution >= 0.6 is 15.9 Å². The Labute approximate surface area is 108 Å². The average Bonchev–Trinajstić information content (AvgIpc) is 2.29. The standard InChI is InChI=1S/C11H13BrFN3O/c1-8(17)15-2-4-16(5-3-15)11-10(13)6-9(12)7-14-11/h6-7H,2-5H2,1H3. The summed E-state index contributed by atoms with van der Waals surface area (Å²) in [5, 5.41) is 0. The molecule has 1 fully saturated rings. The lowest BCUT2D eigenvalue weighted by Gasteiger charge is -2.34. The monoisotopic (exact) mass is 301 g/mol. The van der Waals surface area contributed by atoms with Crippen LogP contribution in [0.25, 0.3) is 0 Å². The summed E-state index contributed by atoms with van der Waals surface area (Å²) in [5.41, 5.74) is 0. The molecule has 1 aliphatic rings. The molecule has 0 saturated carbocycles. The summed E-state index contributed by atoms with van der Waals surface area (Å²) < 4.78 is 14.3. The van der Waals surface area contributed by atoms with E-state index in [1.807, 2.05) is 4.90 Å². The second-order valence-corrected chi connectivity index (χ2v) is 4.87. The van der Waals surface area contributed by atoms with Crippen LogP contribution < -0.4 is 4.90 Å². The molecule has 92 valence electrons. The molecule has 1 aromatic rings. The van der Waals surface area contributed by atoms with E-state index < -0.39 is 0 Å². The van der Waals surface area contributed by atoms with Crippen molar-refractivity contribution in [2.24, 2.45) is 0 Å². The molecule has 1 saturated heterocycles. The highest BCUT2D eigenvalue weighted by Gasteiger charge is 2.21. The zero-order valence-electron chi connectivity index (χ0n) is 9.49. The summed E-state index contributed by atoms with van der Waals surface area (Å²) in [5.74, 6) is 0.0842. The molecular weight excluding hydrogens is 289 g/mol. The van der Waals surface area contributed by atoms with E-state index in [-0.39, 0.29) is 11.7 Å². The van der Waals surface area contributed by atoms with Crippen molar-refractivity contribution in [3.63, 3.8) is 0 Å². The SMILES string of the molecule is CC(=O)N1CCN(c2ncc(Br)cc2F)CC1. The Kier molecular flexibility index (Phi) is 3.61. The Morgan fingerprint density at radius 1 is 1.41 bits per heavy atom. The topological polar surface area (TPSA) is 36.4 Å². The Bertz CT molecular complexity index is 433. The number of amides is 1. The van der Waals surface area contributed by atoms with Gasteiger partial charge in [0.2, 0.25) is 5.91 Å². The van der Waals surface area contributed by atoms with Gasteiger partial charge in [-0.1, -0.05) is 0 Å². The third kappa shape index (κ3) is 2.74. The third-order valence-corrected chi connectivity index (χ3v) is 3.25. The first-order chi connectivity index (χ1) is 8.08. The van der Waals surface area contributed by atoms with E-state index in [2.05, 4.69) is 20.9 Å². The van der Waals surface area contributed by atoms with Crippen molar-refractivity contribution in [1.82, 2.24) is 9.88 Å². The number of rotatable bonds is 1. The molecule has 4 nitrogen and oxygen atoms in total. The average molecular weight is 302 g/mol. The molecule has 0 aliphatic carbocycles. The van der Waals surface area contributed by atoms with E-state index in [0.717, 1.165) is 0 Å². The fourth-order valence-electron chi connectivity index (χ4n) is 1.87. The fourth-order valence-corrected chi connectivity index (χ4v) is 2.18. The smallest absolute Gasteiger partial charge is 0.219 e. The van der Waals surface area contributed by atoms with Crippen molar-refractivity contribution < 1.29 is 9.18 Å². The van der Waals surface area contributed by atoms with E-state index in [9.17, 15) is 9.18 Å². The highest BCUT2D eigenvalue weighted by atomic mass is 79.9. The van der Waals surface area contributed by atoms with Gasteiger partial charge in [-0.25, -0.2) is 9.37 Å². The molecule has 6 heteroatoms. The summed E-state index contributed by atoms with van der Waals surface area (Å²) in [6, 6.07) is 1.40. The second-order valence-electron chi connectivity index (χ2n) is 3.95. The predicted octanol–water partition coefficient (Wildman–Crippen LogP) is 1.65. The van der Waals surface area contributed by atoms with Crippen LogP contribution in [0.5, 0.6) is 0 Å². The highest BCUT2D eigenvalue weighted by Crippen LogP contribution is 2.21. The molecule has 2 heterocycles. The van der Waals surface area contributed by atoms with Gasteiger partial charge in [0.25, 0.3) is 0 Å². The summed E-state index contributed by atoms with van der Waals surface area (Å²) in [6.07, 6.45) is 1.58. The van der Waals surface area contributed by atoms with E-state index in [1.165, 1.54) is 6.07 Å². The van der Waals surface area contributed by atoms with Gasteiger partial charge in [0, 0.05) is 43.8 Å². The van der Waals surface area contributed by atoms with Gasteiger partial charge in [0.1, 0.15) is 0 Å². The van der Waals surface area contributed by atoms with Gasteiger partial charge in [-0.3, -0.25) is 4.79 Å². The summed E-state index contributed by atoms with van der Waals surface area (Å²) in [4.78, 5) is 18.9. The second kappa shape index (κ2) is 5.00. The molecule has 0 N–H and O–H groups in total. The maximum Gasteiger partial charge on any atom is 0.219 e. The Morgan fingerprint density at radius 3 is 2.59 bits per heavy atom. The van der Waals surface area contributed by atoms with Crippen LogP contribution in [0.3, 0.4) is 0 Å². The lowest BCUT2D eigenvalue weighted by atomic mass is 10.3. The number of carbonyl (C=O) groups is 1. The number of hydrogen-bond donors (Lipinski definition) is 0. The molecular formula is C11H13BrFN3O. The van der Waals surface area contributed by atoms with Gasteiger partial charge in [0.15, 0.2) is 11.6 Å². The lowest BCUT2D eigenvalue weighted by Crippen LogP contribution is -2.48. The number of hydrogen-bond acceptors (Lipinski definition) is 3. The minimum atomic E-state index is -0.337. The number of pyridine rings is 1. The highest BCUT2D eigenvalue weighted by molar-refractivity contribution is 9.10. The van der Waals surface area contributed by atoms with Crippen LogP contribution in [0.1, 0.15) is 6.92 Å². The first-order valence-corrected chi connectivity index (χ1v) is 6.19. The minimum Gasteiger partial charge on any atom is -0.351 e. The molecule has 0 atom stereocenters. The third-order valence-electron chi connectivity index (χ3n) is 2.81. The van der Waals surface area contributed by atoms with Gasteiger partial charge in [-0.2, -0.15) is 0 Å². The van der Waals surface area contributed by atoms with Crippen molar-refractivity contribution >= 4 is 27.7 Å². The van der Waals surface area contributed by atoms with Crippen LogP contribution in [-0.2, 0) is 4.79 Å². The number of aromatic nitrogens is 1. The molecule has 0 aromatic carbocycles. The predicted molar refractivity (Wildman–Crippen MR) is 66.4 cm³/mol. The maximum atomic E-state index is 13.7. The van der Waals surface area contributed by atoms with Gasteiger partial charge in [0.05, 0.1) is 0 Å².